The van der Waals surface area contributed by atoms with Crippen molar-refractivity contribution in [2.24, 2.45) is 0 Å². The third-order valence-corrected chi connectivity index (χ3v) is 2.38. The number of methoxy groups -OCH3 is 1. The first-order valence-electron chi connectivity index (χ1n) is 3.00. The second-order valence-corrected chi connectivity index (χ2v) is 5.71. The van der Waals surface area contributed by atoms with Crippen molar-refractivity contribution >= 4 is 51.4 Å². The minimum absolute atomic E-state index is 0.892. The summed E-state index contributed by atoms with van der Waals surface area (Å²) in [4.78, 5) is 0. The van der Waals surface area contributed by atoms with Gasteiger partial charge in [-0.3, -0.25) is 1.33 Å². The molecule has 0 aliphatic heterocycles. The number of halogens is 2. The van der Waals surface area contributed by atoms with E-state index in [0.29, 0.717) is 0 Å². The molecule has 0 saturated heterocycles. The van der Waals surface area contributed by atoms with Crippen LogP contribution in [0.25, 0.3) is 0 Å². The number of anilines is 1. The van der Waals surface area contributed by atoms with Crippen LogP contribution in [0.15, 0.2) is 24.3 Å². The molecular weight excluding hydrogens is 368 g/mol. The molecule has 1 rings (SSSR count). The zero-order valence-corrected chi connectivity index (χ0v) is 10.2. The molecule has 0 unspecified atom stereocenters. The van der Waals surface area contributed by atoms with Crippen molar-refractivity contribution in [2.45, 2.75) is 0 Å². The van der Waals surface area contributed by atoms with E-state index in [1.54, 1.807) is 7.11 Å². The molecule has 0 atom stereocenters. The topological polar surface area (TPSA) is 12.5 Å². The van der Waals surface area contributed by atoms with Crippen molar-refractivity contribution < 1.29 is 4.74 Å². The van der Waals surface area contributed by atoms with E-state index in [4.69, 9.17) is 4.74 Å². The van der Waals surface area contributed by atoms with Crippen LogP contribution in [0.4, 0.5) is 5.69 Å². The Labute approximate surface area is 93.9 Å². The van der Waals surface area contributed by atoms with Crippen LogP contribution in [0.2, 0.25) is 0 Å². The van der Waals surface area contributed by atoms with Crippen LogP contribution < -0.4 is 6.06 Å². The molecule has 1 aromatic carbocycles. The van der Waals surface area contributed by atoms with Gasteiger partial charge >= 0.3 is 0 Å². The summed E-state index contributed by atoms with van der Waals surface area (Å²) in [5, 5.41) is 0. The molecule has 2 nitrogen and oxygen atoms in total. The molecule has 0 spiro atoms. The van der Waals surface area contributed by atoms with E-state index in [2.05, 4.69) is 45.7 Å². The van der Waals surface area contributed by atoms with Gasteiger partial charge in [-0.05, 0) is 24.3 Å². The molecule has 0 bridgehead atoms. The van der Waals surface area contributed by atoms with Crippen molar-refractivity contribution in [3.05, 3.63) is 24.3 Å². The predicted molar refractivity (Wildman–Crippen MR) is 63.5 cm³/mol. The van der Waals surface area contributed by atoms with E-state index in [-0.39, 0.29) is 0 Å². The maximum absolute atomic E-state index is 5.03. The van der Waals surface area contributed by atoms with Crippen LogP contribution in [-0.2, 0) is 0 Å². The Morgan fingerprint density at radius 2 is 1.73 bits per heavy atom. The maximum Gasteiger partial charge on any atom is 0.119 e. The van der Waals surface area contributed by atoms with Crippen LogP contribution >= 0.6 is 45.7 Å². The quantitative estimate of drug-likeness (QED) is 0.582. The summed E-state index contributed by atoms with van der Waals surface area (Å²) in [6.45, 7) is 0. The Morgan fingerprint density at radius 3 is 2.09 bits per heavy atom. The summed E-state index contributed by atoms with van der Waals surface area (Å²) in [7, 11) is 1.67. The van der Waals surface area contributed by atoms with Crippen LogP contribution in [0.5, 0.6) is 5.75 Å². The minimum atomic E-state index is 0.892. The van der Waals surface area contributed by atoms with Gasteiger partial charge in [0.1, 0.15) is 5.75 Å². The van der Waals surface area contributed by atoms with Crippen molar-refractivity contribution in [1.82, 2.24) is 0 Å². The largest absolute Gasteiger partial charge is 0.497 e. The van der Waals surface area contributed by atoms with Crippen LogP contribution in [0.1, 0.15) is 0 Å². The van der Waals surface area contributed by atoms with E-state index < -0.39 is 0 Å². The Bertz CT molecular complexity index is 222. The van der Waals surface area contributed by atoms with Gasteiger partial charge in [0.05, 0.1) is 58.5 Å². The van der Waals surface area contributed by atoms with Gasteiger partial charge in [-0.15, -0.1) is 0 Å². The standard InChI is InChI=1S/C7H7I2NO/c1-11-7-4-2-6(3-5-7)10(8)9/h2-5H,1H3. The monoisotopic (exact) mass is 375 g/mol. The summed E-state index contributed by atoms with van der Waals surface area (Å²) in [6.07, 6.45) is 0. The number of benzene rings is 1. The van der Waals surface area contributed by atoms with Crippen LogP contribution in [0, 0.1) is 0 Å². The number of nitrogens with zero attached hydrogens (tertiary/aromatic N) is 1. The second kappa shape index (κ2) is 4.34. The number of hydrogen-bond acceptors (Lipinski definition) is 2. The van der Waals surface area contributed by atoms with Crippen molar-refractivity contribution in [1.29, 1.82) is 0 Å². The highest BCUT2D eigenvalue weighted by Gasteiger charge is 1.96. The molecule has 0 aliphatic carbocycles. The summed E-state index contributed by atoms with van der Waals surface area (Å²) < 4.78 is 7.02. The fourth-order valence-electron chi connectivity index (χ4n) is 0.695. The summed E-state index contributed by atoms with van der Waals surface area (Å²) >= 11 is 4.42. The molecule has 1 aromatic rings. The molecule has 60 valence electrons. The summed E-state index contributed by atoms with van der Waals surface area (Å²) in [5.74, 6) is 0.892. The molecule has 0 aromatic heterocycles. The van der Waals surface area contributed by atoms with Crippen LogP contribution in [0.3, 0.4) is 0 Å². The zero-order chi connectivity index (χ0) is 8.27. The Hall–Kier alpha value is 0.280. The molecule has 0 saturated carbocycles. The third-order valence-electron chi connectivity index (χ3n) is 1.27. The highest BCUT2D eigenvalue weighted by atomic mass is 127. The normalized spacial score (nSPS) is 9.36. The first-order chi connectivity index (χ1) is 5.24. The number of hydrogen-bond donors (Lipinski definition) is 0. The Morgan fingerprint density at radius 1 is 1.18 bits per heavy atom. The van der Waals surface area contributed by atoms with Gasteiger partial charge in [0.2, 0.25) is 0 Å². The lowest BCUT2D eigenvalue weighted by Crippen LogP contribution is -1.89. The first kappa shape index (κ1) is 9.37. The van der Waals surface area contributed by atoms with Gasteiger partial charge in [-0.25, -0.2) is 0 Å². The fourth-order valence-corrected chi connectivity index (χ4v) is 1.34. The van der Waals surface area contributed by atoms with Crippen LogP contribution in [-0.4, -0.2) is 7.11 Å². The average Bonchev–Trinajstić information content (AvgIpc) is 2.05. The zero-order valence-electron chi connectivity index (χ0n) is 5.92. The molecule has 11 heavy (non-hydrogen) atoms. The smallest absolute Gasteiger partial charge is 0.119 e. The SMILES string of the molecule is COc1ccc(N(I)I)cc1. The first-order valence-corrected chi connectivity index (χ1v) is 4.93. The molecule has 0 amide bonds. The molecule has 0 N–H and O–H groups in total. The Balaban J connectivity index is 2.83. The lowest BCUT2D eigenvalue weighted by atomic mass is 10.3. The van der Waals surface area contributed by atoms with Crippen molar-refractivity contribution in [3.8, 4) is 5.75 Å². The van der Waals surface area contributed by atoms with E-state index in [1.807, 2.05) is 25.6 Å². The van der Waals surface area contributed by atoms with Gasteiger partial charge in [0.25, 0.3) is 0 Å². The molecule has 0 fully saturated rings. The lowest BCUT2D eigenvalue weighted by molar-refractivity contribution is 0.415. The van der Waals surface area contributed by atoms with Gasteiger partial charge in [-0.2, -0.15) is 0 Å². The molecular formula is C7H7I2NO. The number of rotatable bonds is 2. The minimum Gasteiger partial charge on any atom is -0.497 e. The highest BCUT2D eigenvalue weighted by Crippen LogP contribution is 2.24. The van der Waals surface area contributed by atoms with Crippen molar-refractivity contribution in [3.63, 3.8) is 0 Å². The molecule has 4 heteroatoms. The van der Waals surface area contributed by atoms with E-state index in [0.717, 1.165) is 11.4 Å². The van der Waals surface area contributed by atoms with Gasteiger partial charge in [-0.1, -0.05) is 0 Å². The fraction of sp³-hybridized carbons (Fsp3) is 0.143. The Kier molecular flexibility index (Phi) is 3.70. The third kappa shape index (κ3) is 2.66. The van der Waals surface area contributed by atoms with Gasteiger partial charge in [0, 0.05) is 0 Å². The number of ether oxygens (including phenoxy) is 1. The maximum atomic E-state index is 5.03. The van der Waals surface area contributed by atoms with E-state index in [1.165, 1.54) is 0 Å². The van der Waals surface area contributed by atoms with Gasteiger partial charge < -0.3 is 4.74 Å². The molecule has 0 aliphatic rings. The predicted octanol–water partition coefficient (Wildman–Crippen LogP) is 3.20. The van der Waals surface area contributed by atoms with Gasteiger partial charge in [0.15, 0.2) is 0 Å². The highest BCUT2D eigenvalue weighted by molar-refractivity contribution is 14.2. The van der Waals surface area contributed by atoms with Crippen molar-refractivity contribution in [2.75, 3.05) is 8.44 Å². The summed E-state index contributed by atoms with van der Waals surface area (Å²) in [5.41, 5.74) is 1.16. The second-order valence-electron chi connectivity index (χ2n) is 1.93. The summed E-state index contributed by atoms with van der Waals surface area (Å²) in [6, 6.07) is 7.91. The average molecular weight is 375 g/mol. The molecule has 0 radical (unpaired) electrons. The molecule has 0 heterocycles. The lowest BCUT2D eigenvalue weighted by Gasteiger charge is -2.06. The van der Waals surface area contributed by atoms with E-state index >= 15 is 0 Å². The van der Waals surface area contributed by atoms with E-state index in [9.17, 15) is 0 Å².